The van der Waals surface area contributed by atoms with Gasteiger partial charge in [0.25, 0.3) is 0 Å². The lowest BCUT2D eigenvalue weighted by molar-refractivity contribution is -0.145. The molecule has 0 radical (unpaired) electrons. The molecule has 0 heterocycles. The van der Waals surface area contributed by atoms with Crippen molar-refractivity contribution in [3.8, 4) is 5.75 Å². The van der Waals surface area contributed by atoms with Crippen LogP contribution < -0.4 is 10.6 Å². The van der Waals surface area contributed by atoms with Crippen molar-refractivity contribution in [1.82, 2.24) is 10.6 Å². The van der Waals surface area contributed by atoms with E-state index in [0.29, 0.717) is 23.4 Å². The maximum atomic E-state index is 13.4. The zero-order valence-electron chi connectivity index (χ0n) is 20.7. The van der Waals surface area contributed by atoms with Gasteiger partial charge < -0.3 is 20.5 Å². The quantitative estimate of drug-likeness (QED) is 0.387. The van der Waals surface area contributed by atoms with E-state index in [1.54, 1.807) is 18.2 Å². The first kappa shape index (κ1) is 27.5. The number of nitrogens with one attached hydrogen (secondary N) is 2. The first-order valence-corrected chi connectivity index (χ1v) is 12.9. The Balaban J connectivity index is 1.64. The van der Waals surface area contributed by atoms with Crippen LogP contribution in [0.15, 0.2) is 48.5 Å². The van der Waals surface area contributed by atoms with Crippen LogP contribution in [-0.4, -0.2) is 42.1 Å². The van der Waals surface area contributed by atoms with Crippen molar-refractivity contribution in [3.63, 3.8) is 0 Å². The fraction of sp³-hybridized carbons (Fsp3) is 0.464. The largest absolute Gasteiger partial charge is 0.508 e. The van der Waals surface area contributed by atoms with Gasteiger partial charge in [0.05, 0.1) is 7.11 Å². The van der Waals surface area contributed by atoms with E-state index in [-0.39, 0.29) is 29.9 Å². The van der Waals surface area contributed by atoms with Gasteiger partial charge in [-0.3, -0.25) is 9.59 Å². The maximum Gasteiger partial charge on any atom is 0.328 e. The van der Waals surface area contributed by atoms with Crippen molar-refractivity contribution in [1.29, 1.82) is 0 Å². The molecule has 1 saturated carbocycles. The Morgan fingerprint density at radius 1 is 1.03 bits per heavy atom. The number of halogens is 1. The Bertz CT molecular complexity index is 1020. The van der Waals surface area contributed by atoms with E-state index in [1.165, 1.54) is 13.2 Å². The summed E-state index contributed by atoms with van der Waals surface area (Å²) in [5.41, 5.74) is 1.78. The number of benzene rings is 2. The molecule has 0 aliphatic heterocycles. The van der Waals surface area contributed by atoms with Crippen LogP contribution in [0.3, 0.4) is 0 Å². The highest BCUT2D eigenvalue weighted by molar-refractivity contribution is 6.30. The molecule has 0 saturated heterocycles. The number of amides is 2. The van der Waals surface area contributed by atoms with Crippen LogP contribution in [0.1, 0.15) is 56.1 Å². The smallest absolute Gasteiger partial charge is 0.328 e. The Labute approximate surface area is 217 Å². The third-order valence-electron chi connectivity index (χ3n) is 6.66. The number of rotatable bonds is 11. The van der Waals surface area contributed by atoms with Crippen LogP contribution in [0, 0.1) is 5.92 Å². The summed E-state index contributed by atoms with van der Waals surface area (Å²) in [6.07, 6.45) is 6.66. The summed E-state index contributed by atoms with van der Waals surface area (Å²) in [6, 6.07) is 12.4. The Morgan fingerprint density at radius 3 is 2.42 bits per heavy atom. The molecule has 2 aromatic rings. The maximum absolute atomic E-state index is 13.4. The van der Waals surface area contributed by atoms with Gasteiger partial charge in [0.15, 0.2) is 0 Å². The molecule has 0 spiro atoms. The van der Waals surface area contributed by atoms with Gasteiger partial charge in [-0.1, -0.05) is 55.1 Å². The van der Waals surface area contributed by atoms with Crippen LogP contribution in [0.2, 0.25) is 5.02 Å². The first-order valence-electron chi connectivity index (χ1n) is 12.6. The monoisotopic (exact) mass is 514 g/mol. The Hall–Kier alpha value is -3.06. The lowest BCUT2D eigenvalue weighted by Crippen LogP contribution is -2.55. The van der Waals surface area contributed by atoms with Gasteiger partial charge in [-0.2, -0.15) is 0 Å². The van der Waals surface area contributed by atoms with Crippen molar-refractivity contribution >= 4 is 29.4 Å². The van der Waals surface area contributed by atoms with Crippen LogP contribution in [0.4, 0.5) is 0 Å². The molecule has 0 bridgehead atoms. The third-order valence-corrected chi connectivity index (χ3v) is 6.91. The second kappa shape index (κ2) is 13.9. The number of aryl methyl sites for hydroxylation is 1. The van der Waals surface area contributed by atoms with Gasteiger partial charge in [-0.25, -0.2) is 4.79 Å². The molecular weight excluding hydrogens is 480 g/mol. The molecule has 8 heteroatoms. The predicted octanol–water partition coefficient (Wildman–Crippen LogP) is 4.33. The summed E-state index contributed by atoms with van der Waals surface area (Å²) in [5, 5.41) is 16.2. The number of carbonyl (C=O) groups is 3. The van der Waals surface area contributed by atoms with E-state index < -0.39 is 18.1 Å². The summed E-state index contributed by atoms with van der Waals surface area (Å²) in [4.78, 5) is 38.7. The van der Waals surface area contributed by atoms with Gasteiger partial charge in [-0.15, -0.1) is 0 Å². The summed E-state index contributed by atoms with van der Waals surface area (Å²) in [6.45, 7) is 0. The second-order valence-corrected chi connectivity index (χ2v) is 9.82. The van der Waals surface area contributed by atoms with E-state index in [2.05, 4.69) is 10.6 Å². The lowest BCUT2D eigenvalue weighted by Gasteiger charge is -2.31. The predicted molar refractivity (Wildman–Crippen MR) is 139 cm³/mol. The summed E-state index contributed by atoms with van der Waals surface area (Å²) < 4.78 is 4.91. The molecule has 1 fully saturated rings. The first-order chi connectivity index (χ1) is 17.4. The molecule has 3 N–H and O–H groups in total. The second-order valence-electron chi connectivity index (χ2n) is 9.38. The minimum absolute atomic E-state index is 0.0121. The van der Waals surface area contributed by atoms with E-state index >= 15 is 0 Å². The standard InChI is InChI=1S/C28H35ClN2O5/c1-36-28(35)24(18-20-8-5-11-23(32)17-20)30-27(34)26(21-9-3-2-4-10-21)31-25(33)12-6-7-19-13-15-22(29)16-14-19/h5,8,11,13-17,21,24,26,32H,2-4,6-7,9-10,12,18H2,1H3,(H,30,34)(H,31,33)/t24?,26-/m0/s1. The number of esters is 1. The van der Waals surface area contributed by atoms with Gasteiger partial charge in [0.1, 0.15) is 17.8 Å². The van der Waals surface area contributed by atoms with E-state index in [4.69, 9.17) is 16.3 Å². The van der Waals surface area contributed by atoms with E-state index in [0.717, 1.165) is 44.1 Å². The fourth-order valence-electron chi connectivity index (χ4n) is 4.73. The Morgan fingerprint density at radius 2 is 1.75 bits per heavy atom. The van der Waals surface area contributed by atoms with Crippen molar-refractivity contribution < 1.29 is 24.2 Å². The number of phenols is 1. The van der Waals surface area contributed by atoms with Crippen LogP contribution in [-0.2, 0) is 32.0 Å². The topological polar surface area (TPSA) is 105 Å². The average Bonchev–Trinajstić information content (AvgIpc) is 2.88. The van der Waals surface area contributed by atoms with Crippen molar-refractivity contribution in [2.75, 3.05) is 7.11 Å². The number of phenolic OH excluding ortho intramolecular Hbond substituents is 1. The molecule has 1 unspecified atom stereocenters. The lowest BCUT2D eigenvalue weighted by atomic mass is 9.83. The van der Waals surface area contributed by atoms with E-state index in [9.17, 15) is 19.5 Å². The molecule has 3 rings (SSSR count). The highest BCUT2D eigenvalue weighted by atomic mass is 35.5. The summed E-state index contributed by atoms with van der Waals surface area (Å²) >= 11 is 5.93. The van der Waals surface area contributed by atoms with Gasteiger partial charge in [-0.05, 0) is 67.0 Å². The number of hydrogen-bond donors (Lipinski definition) is 3. The molecule has 1 aliphatic carbocycles. The molecular formula is C28H35ClN2O5. The van der Waals surface area contributed by atoms with Gasteiger partial charge >= 0.3 is 5.97 Å². The van der Waals surface area contributed by atoms with Crippen molar-refractivity contribution in [2.45, 2.75) is 69.9 Å². The average molecular weight is 515 g/mol. The number of carbonyl (C=O) groups excluding carboxylic acids is 3. The fourth-order valence-corrected chi connectivity index (χ4v) is 4.86. The van der Waals surface area contributed by atoms with Crippen LogP contribution in [0.5, 0.6) is 5.75 Å². The van der Waals surface area contributed by atoms with Crippen molar-refractivity contribution in [2.24, 2.45) is 5.92 Å². The number of hydrogen-bond acceptors (Lipinski definition) is 5. The SMILES string of the molecule is COC(=O)C(Cc1cccc(O)c1)NC(=O)[C@@H](NC(=O)CCCc1ccc(Cl)cc1)C1CCCCC1. The molecule has 1 aliphatic rings. The molecule has 2 aromatic carbocycles. The highest BCUT2D eigenvalue weighted by Gasteiger charge is 2.33. The molecule has 194 valence electrons. The molecule has 36 heavy (non-hydrogen) atoms. The van der Waals surface area contributed by atoms with Crippen molar-refractivity contribution in [3.05, 3.63) is 64.7 Å². The number of methoxy groups -OCH3 is 1. The number of aromatic hydroxyl groups is 1. The Kier molecular flexibility index (Phi) is 10.6. The van der Waals surface area contributed by atoms with E-state index in [1.807, 2.05) is 24.3 Å². The minimum Gasteiger partial charge on any atom is -0.508 e. The zero-order chi connectivity index (χ0) is 25.9. The third kappa shape index (κ3) is 8.55. The molecule has 2 atom stereocenters. The minimum atomic E-state index is -0.933. The molecule has 2 amide bonds. The van der Waals surface area contributed by atoms with Gasteiger partial charge in [0, 0.05) is 17.9 Å². The van der Waals surface area contributed by atoms with Gasteiger partial charge in [0.2, 0.25) is 11.8 Å². The number of ether oxygens (including phenoxy) is 1. The summed E-state index contributed by atoms with van der Waals surface area (Å²) in [5.74, 6) is -1.06. The van der Waals surface area contributed by atoms with Crippen LogP contribution in [0.25, 0.3) is 0 Å². The molecule has 7 nitrogen and oxygen atoms in total. The summed E-state index contributed by atoms with van der Waals surface area (Å²) in [7, 11) is 1.27. The normalized spacial score (nSPS) is 15.5. The highest BCUT2D eigenvalue weighted by Crippen LogP contribution is 2.27. The zero-order valence-corrected chi connectivity index (χ0v) is 21.4. The molecule has 0 aromatic heterocycles. The van der Waals surface area contributed by atoms with Crippen LogP contribution >= 0.6 is 11.6 Å².